The molecule has 5 nitrogen and oxygen atoms in total. The van der Waals surface area contributed by atoms with Crippen LogP contribution in [-0.2, 0) is 10.4 Å². The van der Waals surface area contributed by atoms with Crippen LogP contribution in [0.3, 0.4) is 0 Å². The summed E-state index contributed by atoms with van der Waals surface area (Å²) in [5, 5.41) is 19.6. The van der Waals surface area contributed by atoms with E-state index in [0.29, 0.717) is 29.7 Å². The molecule has 1 unspecified atom stereocenters. The van der Waals surface area contributed by atoms with Crippen molar-refractivity contribution < 1.29 is 9.90 Å². The van der Waals surface area contributed by atoms with E-state index in [-0.39, 0.29) is 0 Å². The molecule has 0 spiro atoms. The number of benzene rings is 1. The van der Waals surface area contributed by atoms with E-state index in [1.807, 2.05) is 12.1 Å². The molecule has 3 atom stereocenters. The van der Waals surface area contributed by atoms with Crippen molar-refractivity contribution in [3.8, 4) is 0 Å². The second-order valence-electron chi connectivity index (χ2n) is 6.30. The van der Waals surface area contributed by atoms with Gasteiger partial charge >= 0.3 is 0 Å². The minimum atomic E-state index is -0.878. The summed E-state index contributed by atoms with van der Waals surface area (Å²) in [4.78, 5) is 12.7. The molecule has 2 N–H and O–H groups in total. The highest BCUT2D eigenvalue weighted by atomic mass is 35.5. The maximum Gasteiger partial charge on any atom is 0.209 e. The predicted molar refractivity (Wildman–Crippen MR) is 78.9 cm³/mol. The molecule has 4 rings (SSSR count). The van der Waals surface area contributed by atoms with E-state index < -0.39 is 5.60 Å². The fourth-order valence-electron chi connectivity index (χ4n) is 4.10. The van der Waals surface area contributed by atoms with Crippen molar-refractivity contribution in [1.82, 2.24) is 15.1 Å². The third-order valence-corrected chi connectivity index (χ3v) is 5.20. The lowest BCUT2D eigenvalue weighted by Crippen LogP contribution is -2.27. The second kappa shape index (κ2) is 4.45. The summed E-state index contributed by atoms with van der Waals surface area (Å²) in [5.41, 5.74) is 0.820. The van der Waals surface area contributed by atoms with Gasteiger partial charge in [0.1, 0.15) is 0 Å². The number of nitrogens with one attached hydrogen (secondary N) is 1. The average molecular weight is 306 g/mol. The highest BCUT2D eigenvalue weighted by Gasteiger charge is 2.49. The van der Waals surface area contributed by atoms with Gasteiger partial charge in [0.05, 0.1) is 17.3 Å². The number of aromatic amines is 1. The van der Waals surface area contributed by atoms with E-state index in [0.717, 1.165) is 36.0 Å². The molecular weight excluding hydrogens is 290 g/mol. The Morgan fingerprint density at radius 3 is 2.76 bits per heavy atom. The van der Waals surface area contributed by atoms with Gasteiger partial charge in [-0.05, 0) is 42.4 Å². The third kappa shape index (κ3) is 1.95. The van der Waals surface area contributed by atoms with E-state index >= 15 is 0 Å². The Balaban J connectivity index is 1.73. The number of hydrogen-bond acceptors (Lipinski definition) is 3. The summed E-state index contributed by atoms with van der Waals surface area (Å²) in [6.07, 6.45) is 3.99. The number of fused-ring (bicyclic) bond motifs is 2. The predicted octanol–water partition coefficient (Wildman–Crippen LogP) is 1.90. The molecule has 0 bridgehead atoms. The molecule has 110 valence electrons. The van der Waals surface area contributed by atoms with Gasteiger partial charge in [-0.1, -0.05) is 11.6 Å². The van der Waals surface area contributed by atoms with Gasteiger partial charge in [0.2, 0.25) is 6.41 Å². The van der Waals surface area contributed by atoms with Crippen molar-refractivity contribution in [2.45, 2.75) is 18.4 Å². The van der Waals surface area contributed by atoms with Crippen molar-refractivity contribution in [3.05, 3.63) is 28.9 Å². The first kappa shape index (κ1) is 13.1. The summed E-state index contributed by atoms with van der Waals surface area (Å²) >= 11 is 6.17. The first-order valence-corrected chi connectivity index (χ1v) is 7.52. The molecular formula is C15H16ClN3O2. The number of H-pyrrole nitrogens is 1. The molecule has 1 aromatic carbocycles. The highest BCUT2D eigenvalue weighted by molar-refractivity contribution is 6.31. The topological polar surface area (TPSA) is 69.2 Å². The van der Waals surface area contributed by atoms with Gasteiger partial charge < -0.3 is 10.0 Å². The number of hydrogen-bond donors (Lipinski definition) is 2. The maximum atomic E-state index is 11.2. The lowest BCUT2D eigenvalue weighted by atomic mass is 9.88. The van der Waals surface area contributed by atoms with Crippen LogP contribution in [0.5, 0.6) is 0 Å². The zero-order valence-corrected chi connectivity index (χ0v) is 12.2. The Kier molecular flexibility index (Phi) is 2.78. The van der Waals surface area contributed by atoms with Crippen molar-refractivity contribution >= 4 is 28.9 Å². The summed E-state index contributed by atoms with van der Waals surface area (Å²) in [6.45, 7) is 1.48. The number of carbonyl (C=O) groups excluding carboxylic acids is 1. The Morgan fingerprint density at radius 2 is 2.10 bits per heavy atom. The van der Waals surface area contributed by atoms with Crippen LogP contribution in [-0.4, -0.2) is 39.7 Å². The Morgan fingerprint density at radius 1 is 1.38 bits per heavy atom. The number of carbonyl (C=O) groups is 1. The minimum Gasteiger partial charge on any atom is -0.385 e. The molecule has 1 amide bonds. The number of aliphatic hydroxyl groups is 1. The van der Waals surface area contributed by atoms with Crippen LogP contribution in [0.2, 0.25) is 5.02 Å². The fourth-order valence-corrected chi connectivity index (χ4v) is 4.31. The summed E-state index contributed by atoms with van der Waals surface area (Å²) in [5.74, 6) is 0.724. The monoisotopic (exact) mass is 305 g/mol. The van der Waals surface area contributed by atoms with Crippen LogP contribution in [0.1, 0.15) is 18.4 Å². The molecule has 1 aromatic heterocycles. The Hall–Kier alpha value is -1.59. The van der Waals surface area contributed by atoms with Crippen LogP contribution in [0.15, 0.2) is 18.3 Å². The fraction of sp³-hybridized carbons (Fsp3) is 0.467. The molecule has 0 radical (unpaired) electrons. The molecule has 1 aliphatic heterocycles. The number of nitrogens with zero attached hydrogens (tertiary/aromatic N) is 2. The second-order valence-corrected chi connectivity index (χ2v) is 6.74. The van der Waals surface area contributed by atoms with Gasteiger partial charge in [-0.3, -0.25) is 9.89 Å². The maximum absolute atomic E-state index is 11.2. The Bertz CT molecular complexity index is 700. The summed E-state index contributed by atoms with van der Waals surface area (Å²) < 4.78 is 0. The molecule has 2 aromatic rings. The van der Waals surface area contributed by atoms with E-state index in [2.05, 4.69) is 10.2 Å². The van der Waals surface area contributed by atoms with Crippen LogP contribution in [0, 0.1) is 11.8 Å². The molecule has 2 fully saturated rings. The number of likely N-dealkylation sites (tertiary alicyclic amines) is 1. The van der Waals surface area contributed by atoms with Crippen molar-refractivity contribution in [3.63, 3.8) is 0 Å². The lowest BCUT2D eigenvalue weighted by molar-refractivity contribution is -0.117. The largest absolute Gasteiger partial charge is 0.385 e. The standard InChI is InChI=1S/C15H16ClN3O2/c16-11-1-13(12-5-17-18-14(12)2-11)15(21)3-9-6-19(8-20)7-10(9)4-15/h1-2,5,8-10,21H,3-4,6-7H2,(H,17,18)/t9-,10+,15?. The van der Waals surface area contributed by atoms with Crippen LogP contribution in [0.4, 0.5) is 0 Å². The van der Waals surface area contributed by atoms with E-state index in [4.69, 9.17) is 11.6 Å². The molecule has 6 heteroatoms. The highest BCUT2D eigenvalue weighted by Crippen LogP contribution is 2.50. The van der Waals surface area contributed by atoms with Crippen LogP contribution >= 0.6 is 11.6 Å². The molecule has 1 aliphatic carbocycles. The van der Waals surface area contributed by atoms with Crippen molar-refractivity contribution in [2.75, 3.05) is 13.1 Å². The van der Waals surface area contributed by atoms with Crippen molar-refractivity contribution in [1.29, 1.82) is 0 Å². The minimum absolute atomic E-state index is 0.362. The summed E-state index contributed by atoms with van der Waals surface area (Å²) in [7, 11) is 0. The van der Waals surface area contributed by atoms with Gasteiger partial charge in [-0.2, -0.15) is 5.10 Å². The zero-order chi connectivity index (χ0) is 14.6. The molecule has 2 aliphatic rings. The van der Waals surface area contributed by atoms with Crippen LogP contribution < -0.4 is 0 Å². The zero-order valence-electron chi connectivity index (χ0n) is 11.4. The number of halogens is 1. The normalized spacial score (nSPS) is 31.8. The lowest BCUT2D eigenvalue weighted by Gasteiger charge is -2.26. The molecule has 2 heterocycles. The summed E-state index contributed by atoms with van der Waals surface area (Å²) in [6, 6.07) is 3.67. The first-order valence-electron chi connectivity index (χ1n) is 7.14. The van der Waals surface area contributed by atoms with Crippen molar-refractivity contribution in [2.24, 2.45) is 11.8 Å². The van der Waals surface area contributed by atoms with E-state index in [9.17, 15) is 9.90 Å². The molecule has 1 saturated heterocycles. The van der Waals surface area contributed by atoms with Gasteiger partial charge in [0, 0.05) is 23.5 Å². The van der Waals surface area contributed by atoms with E-state index in [1.54, 1.807) is 11.1 Å². The third-order valence-electron chi connectivity index (χ3n) is 4.98. The SMILES string of the molecule is O=CN1C[C@@H]2CC(O)(c3cc(Cl)cc4[nH]ncc34)C[C@@H]2C1. The van der Waals surface area contributed by atoms with Crippen LogP contribution in [0.25, 0.3) is 10.9 Å². The van der Waals surface area contributed by atoms with Gasteiger partial charge in [-0.25, -0.2) is 0 Å². The van der Waals surface area contributed by atoms with Gasteiger partial charge in [0.15, 0.2) is 0 Å². The Labute approximate surface area is 126 Å². The number of amides is 1. The average Bonchev–Trinajstić information content (AvgIpc) is 3.10. The number of aromatic nitrogens is 2. The number of rotatable bonds is 2. The quantitative estimate of drug-likeness (QED) is 0.833. The molecule has 1 saturated carbocycles. The first-order chi connectivity index (χ1) is 10.1. The van der Waals surface area contributed by atoms with Gasteiger partial charge in [0.25, 0.3) is 0 Å². The molecule has 21 heavy (non-hydrogen) atoms. The van der Waals surface area contributed by atoms with E-state index in [1.165, 1.54) is 0 Å². The van der Waals surface area contributed by atoms with Gasteiger partial charge in [-0.15, -0.1) is 0 Å². The smallest absolute Gasteiger partial charge is 0.209 e.